The van der Waals surface area contributed by atoms with Gasteiger partial charge in [0.1, 0.15) is 65.2 Å². The molecule has 17 heteroatoms. The molecule has 3 aromatic rings. The number of hydrogen-bond donors (Lipinski definition) is 11. The number of hydrogen-bond acceptors (Lipinski definition) is 17. The Balaban J connectivity index is 1.51. The number of phenols is 4. The highest BCUT2D eigenvalue weighted by Gasteiger charge is 2.51. The van der Waals surface area contributed by atoms with Crippen molar-refractivity contribution in [2.75, 3.05) is 13.2 Å². The lowest BCUT2D eigenvalue weighted by Gasteiger charge is -2.46. The van der Waals surface area contributed by atoms with Crippen molar-refractivity contribution < 1.29 is 79.5 Å². The summed E-state index contributed by atoms with van der Waals surface area (Å²) in [5.41, 5.74) is -1.40. The molecular formula is C27H30O17. The zero-order valence-corrected chi connectivity index (χ0v) is 22.4. The van der Waals surface area contributed by atoms with Gasteiger partial charge in [0.05, 0.1) is 13.2 Å². The van der Waals surface area contributed by atoms with Gasteiger partial charge < -0.3 is 79.5 Å². The first-order valence-corrected chi connectivity index (χ1v) is 13.2. The van der Waals surface area contributed by atoms with E-state index in [1.807, 2.05) is 0 Å². The molecule has 0 aliphatic carbocycles. The summed E-state index contributed by atoms with van der Waals surface area (Å²) in [5, 5.41) is 111. The Labute approximate surface area is 246 Å². The maximum atomic E-state index is 13.6. The van der Waals surface area contributed by atoms with Crippen molar-refractivity contribution in [2.24, 2.45) is 0 Å². The standard InChI is InChI=1S/C27H30O17/c28-6-14-24(18(35)20(37)26(39)41-14)44-27-21(38)19(36)23(15(7-29)42-27)43-25-17(34)16-12(33)4-9(30)5-13(16)40-22(25)8-1-2-10(31)11(32)3-8/h1-5,14-15,18-21,23-24,26-33,35-39H,6-7H2/t14-,15-,18+,19+,20-,21-,23-,24-,26+,27-/m0/s1. The Bertz CT molecular complexity index is 1550. The van der Waals surface area contributed by atoms with E-state index in [1.165, 1.54) is 6.07 Å². The number of aromatic hydroxyl groups is 4. The average molecular weight is 627 g/mol. The molecule has 44 heavy (non-hydrogen) atoms. The van der Waals surface area contributed by atoms with Gasteiger partial charge in [0, 0.05) is 17.7 Å². The van der Waals surface area contributed by atoms with E-state index in [4.69, 9.17) is 23.4 Å². The van der Waals surface area contributed by atoms with Crippen LogP contribution in [0.25, 0.3) is 22.3 Å². The lowest BCUT2D eigenvalue weighted by Crippen LogP contribution is -2.65. The number of fused-ring (bicyclic) bond motifs is 1. The van der Waals surface area contributed by atoms with Crippen molar-refractivity contribution in [1.82, 2.24) is 0 Å². The molecule has 1 aromatic heterocycles. The van der Waals surface area contributed by atoms with Crippen molar-refractivity contribution in [3.05, 3.63) is 40.6 Å². The summed E-state index contributed by atoms with van der Waals surface area (Å²) in [6.45, 7) is -1.71. The minimum absolute atomic E-state index is 0.0484. The number of aliphatic hydroxyl groups excluding tert-OH is 7. The fourth-order valence-electron chi connectivity index (χ4n) is 5.07. The Hall–Kier alpha value is -3.75. The van der Waals surface area contributed by atoms with E-state index in [0.29, 0.717) is 0 Å². The van der Waals surface area contributed by atoms with E-state index < -0.39 is 120 Å². The van der Waals surface area contributed by atoms with Gasteiger partial charge in [0.2, 0.25) is 11.2 Å². The topological polar surface area (TPSA) is 290 Å². The van der Waals surface area contributed by atoms with Crippen LogP contribution in [0.4, 0.5) is 0 Å². The molecule has 0 saturated carbocycles. The van der Waals surface area contributed by atoms with Crippen molar-refractivity contribution in [2.45, 2.75) is 61.4 Å². The fraction of sp³-hybridized carbons (Fsp3) is 0.444. The van der Waals surface area contributed by atoms with E-state index in [9.17, 15) is 61.0 Å². The highest BCUT2D eigenvalue weighted by molar-refractivity contribution is 5.88. The van der Waals surface area contributed by atoms with Gasteiger partial charge in [-0.3, -0.25) is 4.79 Å². The average Bonchev–Trinajstić information content (AvgIpc) is 2.98. The molecule has 3 heterocycles. The van der Waals surface area contributed by atoms with Crippen LogP contribution in [0.2, 0.25) is 0 Å². The summed E-state index contributed by atoms with van der Waals surface area (Å²) in [6, 6.07) is 5.17. The van der Waals surface area contributed by atoms with Crippen LogP contribution in [-0.4, -0.2) is 131 Å². The molecule has 2 aliphatic heterocycles. The smallest absolute Gasteiger partial charge is 0.239 e. The first-order chi connectivity index (χ1) is 20.9. The predicted molar refractivity (Wildman–Crippen MR) is 142 cm³/mol. The summed E-state index contributed by atoms with van der Waals surface area (Å²) in [7, 11) is 0. The predicted octanol–water partition coefficient (Wildman–Crippen LogP) is -2.71. The van der Waals surface area contributed by atoms with Crippen molar-refractivity contribution >= 4 is 11.0 Å². The molecule has 10 atom stereocenters. The van der Waals surface area contributed by atoms with Crippen LogP contribution in [0.1, 0.15) is 0 Å². The first kappa shape index (κ1) is 31.7. The van der Waals surface area contributed by atoms with Gasteiger partial charge in [-0.05, 0) is 18.2 Å². The van der Waals surface area contributed by atoms with E-state index in [0.717, 1.165) is 24.3 Å². The molecule has 2 fully saturated rings. The summed E-state index contributed by atoms with van der Waals surface area (Å²) in [4.78, 5) is 13.6. The van der Waals surface area contributed by atoms with E-state index in [2.05, 4.69) is 0 Å². The molecule has 11 N–H and O–H groups in total. The number of rotatable bonds is 7. The summed E-state index contributed by atoms with van der Waals surface area (Å²) < 4.78 is 27.6. The zero-order valence-electron chi connectivity index (χ0n) is 22.4. The van der Waals surface area contributed by atoms with Gasteiger partial charge in [0.15, 0.2) is 35.9 Å². The van der Waals surface area contributed by atoms with Gasteiger partial charge in [-0.15, -0.1) is 0 Å². The van der Waals surface area contributed by atoms with Crippen LogP contribution in [-0.2, 0) is 14.2 Å². The Morgan fingerprint density at radius 1 is 0.727 bits per heavy atom. The minimum atomic E-state index is -2.02. The van der Waals surface area contributed by atoms with Gasteiger partial charge in [-0.2, -0.15) is 0 Å². The van der Waals surface area contributed by atoms with Crippen molar-refractivity contribution in [1.29, 1.82) is 0 Å². The normalized spacial score (nSPS) is 32.5. The van der Waals surface area contributed by atoms with Crippen molar-refractivity contribution in [3.8, 4) is 40.1 Å². The maximum absolute atomic E-state index is 13.6. The molecule has 5 rings (SSSR count). The van der Waals surface area contributed by atoms with Gasteiger partial charge >= 0.3 is 0 Å². The first-order valence-electron chi connectivity index (χ1n) is 13.2. The third-order valence-corrected chi connectivity index (χ3v) is 7.36. The van der Waals surface area contributed by atoms with Crippen LogP contribution in [0, 0.1) is 0 Å². The lowest BCUT2D eigenvalue weighted by atomic mass is 9.96. The van der Waals surface area contributed by atoms with E-state index >= 15 is 0 Å². The highest BCUT2D eigenvalue weighted by Crippen LogP contribution is 2.40. The second-order valence-corrected chi connectivity index (χ2v) is 10.2. The fourth-order valence-corrected chi connectivity index (χ4v) is 5.07. The molecule has 17 nitrogen and oxygen atoms in total. The summed E-state index contributed by atoms with van der Waals surface area (Å²) in [6.07, 6.45) is -17.7. The third kappa shape index (κ3) is 5.61. The maximum Gasteiger partial charge on any atom is 0.239 e. The number of aliphatic hydroxyl groups is 7. The van der Waals surface area contributed by atoms with Crippen LogP contribution in [0.5, 0.6) is 28.7 Å². The number of ether oxygens (including phenoxy) is 4. The molecule has 2 aromatic carbocycles. The highest BCUT2D eigenvalue weighted by atomic mass is 16.7. The van der Waals surface area contributed by atoms with Crippen LogP contribution in [0.3, 0.4) is 0 Å². The molecule has 0 spiro atoms. The van der Waals surface area contributed by atoms with Gasteiger partial charge in [0.25, 0.3) is 0 Å². The second-order valence-electron chi connectivity index (χ2n) is 10.2. The zero-order chi connectivity index (χ0) is 32.0. The lowest BCUT2D eigenvalue weighted by molar-refractivity contribution is -0.353. The van der Waals surface area contributed by atoms with E-state index in [-0.39, 0.29) is 11.1 Å². The molecule has 0 amide bonds. The van der Waals surface area contributed by atoms with E-state index in [1.54, 1.807) is 0 Å². The van der Waals surface area contributed by atoms with Crippen LogP contribution >= 0.6 is 0 Å². The monoisotopic (exact) mass is 626 g/mol. The number of benzene rings is 2. The minimum Gasteiger partial charge on any atom is -0.508 e. The molecule has 240 valence electrons. The molecule has 0 bridgehead atoms. The molecule has 0 radical (unpaired) electrons. The quantitative estimate of drug-likeness (QED) is 0.119. The summed E-state index contributed by atoms with van der Waals surface area (Å²) in [5.74, 6) is -3.41. The molecule has 0 unspecified atom stereocenters. The Morgan fingerprint density at radius 3 is 2.05 bits per heavy atom. The third-order valence-electron chi connectivity index (χ3n) is 7.36. The Morgan fingerprint density at radius 2 is 1.39 bits per heavy atom. The SMILES string of the molecule is O=c1c(O[C@@H]2[C@H](O)[C@H](O)[C@H](O[C@@H]3[C@H](O)[C@H](O)[C@H](O)O[C@H]3CO)O[C@H]2CO)c(-c2ccc(O)c(O)c2)oc2cc(O)cc(O)c12. The van der Waals surface area contributed by atoms with Crippen LogP contribution < -0.4 is 10.2 Å². The second kappa shape index (κ2) is 12.3. The van der Waals surface area contributed by atoms with Gasteiger partial charge in [-0.1, -0.05) is 0 Å². The molecule has 2 saturated heterocycles. The Kier molecular flexibility index (Phi) is 8.87. The van der Waals surface area contributed by atoms with Crippen molar-refractivity contribution in [3.63, 3.8) is 0 Å². The molecular weight excluding hydrogens is 596 g/mol. The number of phenolic OH excluding ortho intramolecular Hbond substituents is 4. The van der Waals surface area contributed by atoms with Crippen LogP contribution in [0.15, 0.2) is 39.5 Å². The van der Waals surface area contributed by atoms with Gasteiger partial charge in [-0.25, -0.2) is 0 Å². The molecule has 2 aliphatic rings. The largest absolute Gasteiger partial charge is 0.508 e. The summed E-state index contributed by atoms with van der Waals surface area (Å²) >= 11 is 0.